The topological polar surface area (TPSA) is 91.1 Å². The van der Waals surface area contributed by atoms with E-state index in [-0.39, 0.29) is 30.3 Å². The van der Waals surface area contributed by atoms with Crippen molar-refractivity contribution in [1.29, 1.82) is 0 Å². The molecule has 1 atom stereocenters. The van der Waals surface area contributed by atoms with Crippen LogP contribution in [0.15, 0.2) is 34.7 Å². The average molecular weight is 356 g/mol. The Hall–Kier alpha value is -3.09. The van der Waals surface area contributed by atoms with Crippen molar-refractivity contribution < 1.29 is 23.9 Å². The highest BCUT2D eigenvalue weighted by molar-refractivity contribution is 6.02. The lowest BCUT2D eigenvalue weighted by molar-refractivity contribution is -0.134. The van der Waals surface area contributed by atoms with Crippen LogP contribution in [-0.4, -0.2) is 41.9 Å². The van der Waals surface area contributed by atoms with Crippen molar-refractivity contribution in [2.24, 2.45) is 0 Å². The minimum absolute atomic E-state index is 0.0839. The molecule has 26 heavy (non-hydrogen) atoms. The lowest BCUT2D eigenvalue weighted by Gasteiger charge is -2.32. The van der Waals surface area contributed by atoms with E-state index >= 15 is 0 Å². The highest BCUT2D eigenvalue weighted by Crippen LogP contribution is 2.36. The van der Waals surface area contributed by atoms with Gasteiger partial charge in [-0.2, -0.15) is 0 Å². The second kappa shape index (κ2) is 6.67. The summed E-state index contributed by atoms with van der Waals surface area (Å²) in [5.74, 6) is -1.25. The molecule has 0 radical (unpaired) electrons. The molecule has 0 spiro atoms. The first kappa shape index (κ1) is 17.7. The van der Waals surface area contributed by atoms with Gasteiger partial charge >= 0.3 is 5.97 Å². The van der Waals surface area contributed by atoms with Gasteiger partial charge in [0.1, 0.15) is 17.1 Å². The number of hydrogen-bond acceptors (Lipinski definition) is 4. The van der Waals surface area contributed by atoms with Gasteiger partial charge in [0.2, 0.25) is 11.8 Å². The molecule has 0 saturated heterocycles. The van der Waals surface area contributed by atoms with Crippen LogP contribution in [0.1, 0.15) is 39.8 Å². The molecule has 0 saturated carbocycles. The number of nitrogens with zero attached hydrogens (tertiary/aromatic N) is 2. The number of carbonyl (C=O) groups is 3. The van der Waals surface area contributed by atoms with Gasteiger partial charge in [0.25, 0.3) is 0 Å². The molecular weight excluding hydrogens is 336 g/mol. The first-order chi connectivity index (χ1) is 12.3. The highest BCUT2D eigenvalue weighted by Gasteiger charge is 2.35. The number of benzene rings is 1. The Morgan fingerprint density at radius 2 is 2.04 bits per heavy atom. The summed E-state index contributed by atoms with van der Waals surface area (Å²) in [6, 6.07) is 8.78. The monoisotopic (exact) mass is 356 g/mol. The van der Waals surface area contributed by atoms with Crippen LogP contribution in [0.3, 0.4) is 0 Å². The molecule has 7 heteroatoms. The van der Waals surface area contributed by atoms with Gasteiger partial charge in [-0.3, -0.25) is 9.59 Å². The molecule has 1 aliphatic heterocycles. The largest absolute Gasteiger partial charge is 0.478 e. The number of rotatable bonds is 4. The number of anilines is 1. The van der Waals surface area contributed by atoms with Gasteiger partial charge in [-0.25, -0.2) is 4.79 Å². The van der Waals surface area contributed by atoms with Gasteiger partial charge in [-0.1, -0.05) is 18.2 Å². The van der Waals surface area contributed by atoms with Crippen LogP contribution in [0.5, 0.6) is 0 Å². The predicted molar refractivity (Wildman–Crippen MR) is 94.1 cm³/mol. The number of furan rings is 1. The third kappa shape index (κ3) is 3.08. The minimum atomic E-state index is -1.07. The number of aryl methyl sites for hydroxylation is 1. The lowest BCUT2D eigenvalue weighted by atomic mass is 9.88. The maximum atomic E-state index is 12.9. The maximum Gasteiger partial charge on any atom is 0.339 e. The maximum absolute atomic E-state index is 12.9. The van der Waals surface area contributed by atoms with Crippen LogP contribution < -0.4 is 4.90 Å². The van der Waals surface area contributed by atoms with E-state index < -0.39 is 11.9 Å². The van der Waals surface area contributed by atoms with Crippen molar-refractivity contribution in [3.05, 3.63) is 53.0 Å². The van der Waals surface area contributed by atoms with Crippen LogP contribution in [-0.2, 0) is 16.1 Å². The SMILES string of the molecule is Cc1oc(CN(C)C(=O)[C@@H]2CC(=O)N(C)c3ccccc32)cc1C(=O)O. The zero-order valence-corrected chi connectivity index (χ0v) is 14.9. The van der Waals surface area contributed by atoms with Crippen LogP contribution in [0.2, 0.25) is 0 Å². The molecule has 136 valence electrons. The molecule has 7 nitrogen and oxygen atoms in total. The Balaban J connectivity index is 1.83. The van der Waals surface area contributed by atoms with Gasteiger partial charge in [0.15, 0.2) is 0 Å². The summed E-state index contributed by atoms with van der Waals surface area (Å²) < 4.78 is 5.44. The Morgan fingerprint density at radius 1 is 1.35 bits per heavy atom. The van der Waals surface area contributed by atoms with Gasteiger partial charge in [-0.15, -0.1) is 0 Å². The second-order valence-corrected chi connectivity index (χ2v) is 6.45. The lowest BCUT2D eigenvalue weighted by Crippen LogP contribution is -2.39. The van der Waals surface area contributed by atoms with Crippen LogP contribution in [0.25, 0.3) is 0 Å². The van der Waals surface area contributed by atoms with E-state index in [1.54, 1.807) is 25.9 Å². The van der Waals surface area contributed by atoms with Crippen molar-refractivity contribution >= 4 is 23.5 Å². The molecule has 0 fully saturated rings. The van der Waals surface area contributed by atoms with E-state index in [0.29, 0.717) is 11.5 Å². The number of carboxylic acids is 1. The number of para-hydroxylation sites is 1. The Bertz CT molecular complexity index is 886. The quantitative estimate of drug-likeness (QED) is 0.908. The molecule has 2 heterocycles. The molecule has 2 aromatic rings. The van der Waals surface area contributed by atoms with Gasteiger partial charge in [-0.05, 0) is 24.6 Å². The Labute approximate surface area is 150 Å². The second-order valence-electron chi connectivity index (χ2n) is 6.45. The summed E-state index contributed by atoms with van der Waals surface area (Å²) in [4.78, 5) is 39.3. The van der Waals surface area contributed by atoms with E-state index in [2.05, 4.69) is 0 Å². The van der Waals surface area contributed by atoms with Crippen molar-refractivity contribution in [3.8, 4) is 0 Å². The van der Waals surface area contributed by atoms with E-state index in [0.717, 1.165) is 11.3 Å². The standard InChI is InChI=1S/C19H20N2O5/c1-11-14(19(24)25)8-12(26-11)10-20(2)18(23)15-9-17(22)21(3)16-7-5-4-6-13(15)16/h4-8,15H,9-10H2,1-3H3,(H,24,25)/t15-/m1/s1. The molecule has 1 N–H and O–H groups in total. The number of carbonyl (C=O) groups excluding carboxylic acids is 2. The van der Waals surface area contributed by atoms with E-state index in [1.165, 1.54) is 11.0 Å². The molecule has 1 aliphatic rings. The summed E-state index contributed by atoms with van der Waals surface area (Å²) in [5.41, 5.74) is 1.63. The minimum Gasteiger partial charge on any atom is -0.478 e. The van der Waals surface area contributed by atoms with Gasteiger partial charge < -0.3 is 19.3 Å². The number of likely N-dealkylation sites (N-methyl/N-ethyl adjacent to an activating group) is 1. The fraction of sp³-hybridized carbons (Fsp3) is 0.316. The normalized spacial score (nSPS) is 16.3. The number of aromatic carboxylic acids is 1. The molecule has 0 aliphatic carbocycles. The molecule has 0 bridgehead atoms. The van der Waals surface area contributed by atoms with Gasteiger partial charge in [0.05, 0.1) is 12.5 Å². The molecule has 1 aromatic carbocycles. The zero-order chi connectivity index (χ0) is 19.0. The fourth-order valence-electron chi connectivity index (χ4n) is 3.28. The van der Waals surface area contributed by atoms with Crippen LogP contribution in [0.4, 0.5) is 5.69 Å². The van der Waals surface area contributed by atoms with E-state index in [1.807, 2.05) is 24.3 Å². The van der Waals surface area contributed by atoms with Crippen LogP contribution >= 0.6 is 0 Å². The summed E-state index contributed by atoms with van der Waals surface area (Å²) in [5, 5.41) is 9.11. The molecule has 2 amide bonds. The van der Waals surface area contributed by atoms with E-state index in [4.69, 9.17) is 9.52 Å². The predicted octanol–water partition coefficient (Wildman–Crippen LogP) is 2.39. The summed E-state index contributed by atoms with van der Waals surface area (Å²) in [7, 11) is 3.32. The molecular formula is C19H20N2O5. The molecule has 1 aromatic heterocycles. The van der Waals surface area contributed by atoms with Gasteiger partial charge in [0, 0.05) is 26.2 Å². The van der Waals surface area contributed by atoms with E-state index in [9.17, 15) is 14.4 Å². The smallest absolute Gasteiger partial charge is 0.339 e. The third-order valence-electron chi connectivity index (χ3n) is 4.69. The first-order valence-corrected chi connectivity index (χ1v) is 8.22. The number of amides is 2. The Kier molecular flexibility index (Phi) is 4.54. The number of fused-ring (bicyclic) bond motifs is 1. The third-order valence-corrected chi connectivity index (χ3v) is 4.69. The van der Waals surface area contributed by atoms with Crippen molar-refractivity contribution in [2.45, 2.75) is 25.8 Å². The summed E-state index contributed by atoms with van der Waals surface area (Å²) >= 11 is 0. The summed E-state index contributed by atoms with van der Waals surface area (Å²) in [6.07, 6.45) is 0.105. The zero-order valence-electron chi connectivity index (χ0n) is 14.9. The fourth-order valence-corrected chi connectivity index (χ4v) is 3.28. The first-order valence-electron chi connectivity index (χ1n) is 8.22. The van der Waals surface area contributed by atoms with Crippen LogP contribution in [0, 0.1) is 6.92 Å². The molecule has 3 rings (SSSR count). The molecule has 0 unspecified atom stereocenters. The Morgan fingerprint density at radius 3 is 2.69 bits per heavy atom. The highest BCUT2D eigenvalue weighted by atomic mass is 16.4. The number of carboxylic acid groups (broad SMARTS) is 1. The average Bonchev–Trinajstić information content (AvgIpc) is 2.98. The van der Waals surface area contributed by atoms with Crippen molar-refractivity contribution in [1.82, 2.24) is 4.90 Å². The van der Waals surface area contributed by atoms with Crippen molar-refractivity contribution in [2.75, 3.05) is 19.0 Å². The summed E-state index contributed by atoms with van der Waals surface area (Å²) in [6.45, 7) is 1.70. The van der Waals surface area contributed by atoms with Crippen molar-refractivity contribution in [3.63, 3.8) is 0 Å². The number of hydrogen-bond donors (Lipinski definition) is 1.